The van der Waals surface area contributed by atoms with Crippen LogP contribution in [-0.4, -0.2) is 36.2 Å². The SMILES string of the molecule is O=C(NCCSCc1cccc(Cl)c1)[C@H]1CCCN(Cc2ccc(F)cc2)C1. The highest BCUT2D eigenvalue weighted by atomic mass is 35.5. The predicted octanol–water partition coefficient (Wildman–Crippen LogP) is 4.74. The number of likely N-dealkylation sites (tertiary alicyclic amines) is 1. The lowest BCUT2D eigenvalue weighted by Gasteiger charge is -2.32. The number of piperidine rings is 1. The van der Waals surface area contributed by atoms with Crippen molar-refractivity contribution in [2.45, 2.75) is 25.1 Å². The molecule has 0 bridgehead atoms. The summed E-state index contributed by atoms with van der Waals surface area (Å²) in [5, 5.41) is 3.84. The second-order valence-corrected chi connectivity index (χ2v) is 8.72. The number of rotatable bonds is 8. The van der Waals surface area contributed by atoms with Crippen molar-refractivity contribution in [3.05, 3.63) is 70.5 Å². The van der Waals surface area contributed by atoms with Gasteiger partial charge >= 0.3 is 0 Å². The van der Waals surface area contributed by atoms with Gasteiger partial charge in [0.15, 0.2) is 0 Å². The van der Waals surface area contributed by atoms with E-state index < -0.39 is 0 Å². The minimum absolute atomic E-state index is 0.0344. The number of hydrogen-bond donors (Lipinski definition) is 1. The lowest BCUT2D eigenvalue weighted by Crippen LogP contribution is -2.43. The van der Waals surface area contributed by atoms with Crippen LogP contribution < -0.4 is 5.32 Å². The van der Waals surface area contributed by atoms with Gasteiger partial charge in [-0.15, -0.1) is 0 Å². The molecule has 1 aliphatic rings. The quantitative estimate of drug-likeness (QED) is 0.626. The predicted molar refractivity (Wildman–Crippen MR) is 115 cm³/mol. The van der Waals surface area contributed by atoms with Crippen LogP contribution in [0.3, 0.4) is 0 Å². The van der Waals surface area contributed by atoms with Crippen molar-refractivity contribution < 1.29 is 9.18 Å². The number of halogens is 2. The van der Waals surface area contributed by atoms with Gasteiger partial charge in [-0.2, -0.15) is 11.8 Å². The minimum atomic E-state index is -0.215. The maximum Gasteiger partial charge on any atom is 0.224 e. The first-order chi connectivity index (χ1) is 13.6. The molecule has 3 rings (SSSR count). The van der Waals surface area contributed by atoms with E-state index in [2.05, 4.69) is 16.3 Å². The lowest BCUT2D eigenvalue weighted by atomic mass is 9.96. The normalized spacial score (nSPS) is 17.4. The zero-order valence-corrected chi connectivity index (χ0v) is 17.4. The maximum absolute atomic E-state index is 13.0. The fourth-order valence-corrected chi connectivity index (χ4v) is 4.49. The van der Waals surface area contributed by atoms with Crippen molar-refractivity contribution in [3.63, 3.8) is 0 Å². The van der Waals surface area contributed by atoms with Gasteiger partial charge in [-0.25, -0.2) is 4.39 Å². The number of carbonyl (C=O) groups excluding carboxylic acids is 1. The lowest BCUT2D eigenvalue weighted by molar-refractivity contribution is -0.126. The van der Waals surface area contributed by atoms with Gasteiger partial charge in [-0.3, -0.25) is 9.69 Å². The zero-order chi connectivity index (χ0) is 19.8. The Balaban J connectivity index is 1.36. The Morgan fingerprint density at radius 3 is 2.82 bits per heavy atom. The van der Waals surface area contributed by atoms with E-state index in [1.807, 2.05) is 30.3 Å². The topological polar surface area (TPSA) is 32.3 Å². The number of amides is 1. The van der Waals surface area contributed by atoms with Crippen molar-refractivity contribution >= 4 is 29.3 Å². The summed E-state index contributed by atoms with van der Waals surface area (Å²) in [6.45, 7) is 3.19. The fraction of sp³-hybridized carbons (Fsp3) is 0.409. The van der Waals surface area contributed by atoms with Gasteiger partial charge in [-0.05, 0) is 54.8 Å². The fourth-order valence-electron chi connectivity index (χ4n) is 3.47. The van der Waals surface area contributed by atoms with Gasteiger partial charge in [-0.1, -0.05) is 35.9 Å². The second kappa shape index (κ2) is 10.8. The van der Waals surface area contributed by atoms with Crippen LogP contribution >= 0.6 is 23.4 Å². The van der Waals surface area contributed by atoms with Crippen molar-refractivity contribution in [1.82, 2.24) is 10.2 Å². The van der Waals surface area contributed by atoms with Crippen LogP contribution in [0.5, 0.6) is 0 Å². The molecule has 0 aliphatic carbocycles. The largest absolute Gasteiger partial charge is 0.355 e. The number of nitrogens with one attached hydrogen (secondary N) is 1. The molecular formula is C22H26ClFN2OS. The summed E-state index contributed by atoms with van der Waals surface area (Å²) in [7, 11) is 0. The van der Waals surface area contributed by atoms with Crippen molar-refractivity contribution in [1.29, 1.82) is 0 Å². The Hall–Kier alpha value is -1.56. The third kappa shape index (κ3) is 6.80. The van der Waals surface area contributed by atoms with Crippen LogP contribution in [0.1, 0.15) is 24.0 Å². The number of hydrogen-bond acceptors (Lipinski definition) is 3. The molecule has 0 aromatic heterocycles. The molecule has 1 aliphatic heterocycles. The van der Waals surface area contributed by atoms with Gasteiger partial charge in [0, 0.05) is 36.2 Å². The first kappa shape index (κ1) is 21.2. The molecular weight excluding hydrogens is 395 g/mol. The second-order valence-electron chi connectivity index (χ2n) is 7.17. The average Bonchev–Trinajstić information content (AvgIpc) is 2.70. The van der Waals surface area contributed by atoms with Gasteiger partial charge < -0.3 is 5.32 Å². The zero-order valence-electron chi connectivity index (χ0n) is 15.9. The Morgan fingerprint density at radius 2 is 2.04 bits per heavy atom. The smallest absolute Gasteiger partial charge is 0.224 e. The highest BCUT2D eigenvalue weighted by Crippen LogP contribution is 2.19. The maximum atomic E-state index is 13.0. The Morgan fingerprint density at radius 1 is 1.21 bits per heavy atom. The number of benzene rings is 2. The summed E-state index contributed by atoms with van der Waals surface area (Å²) < 4.78 is 13.0. The molecule has 2 aromatic carbocycles. The first-order valence-electron chi connectivity index (χ1n) is 9.67. The van der Waals surface area contributed by atoms with Crippen LogP contribution in [0, 0.1) is 11.7 Å². The van der Waals surface area contributed by atoms with Gasteiger partial charge in [0.25, 0.3) is 0 Å². The first-order valence-corrected chi connectivity index (χ1v) is 11.2. The molecule has 1 N–H and O–H groups in total. The Kier molecular flexibility index (Phi) is 8.19. The minimum Gasteiger partial charge on any atom is -0.355 e. The van der Waals surface area contributed by atoms with Crippen LogP contribution in [-0.2, 0) is 17.1 Å². The standard InChI is InChI=1S/C22H26ClFN2OS/c23-20-5-1-3-18(13-20)16-28-12-10-25-22(27)19-4-2-11-26(15-19)14-17-6-8-21(24)9-7-17/h1,3,5-9,13,19H,2,4,10-12,14-16H2,(H,25,27)/t19-/m0/s1. The molecule has 0 unspecified atom stereocenters. The van der Waals surface area contributed by atoms with E-state index in [-0.39, 0.29) is 17.6 Å². The Labute approximate surface area is 175 Å². The summed E-state index contributed by atoms with van der Waals surface area (Å²) in [5.41, 5.74) is 2.28. The number of nitrogens with zero attached hydrogens (tertiary/aromatic N) is 1. The van der Waals surface area contributed by atoms with E-state index in [0.717, 1.165) is 54.6 Å². The molecule has 6 heteroatoms. The molecule has 0 radical (unpaired) electrons. The van der Waals surface area contributed by atoms with E-state index in [1.165, 1.54) is 17.7 Å². The molecule has 1 amide bonds. The van der Waals surface area contributed by atoms with Gasteiger partial charge in [0.05, 0.1) is 5.92 Å². The van der Waals surface area contributed by atoms with E-state index in [4.69, 9.17) is 11.6 Å². The van der Waals surface area contributed by atoms with Gasteiger partial charge in [0.1, 0.15) is 5.82 Å². The summed E-state index contributed by atoms with van der Waals surface area (Å²) >= 11 is 7.79. The van der Waals surface area contributed by atoms with Crippen molar-refractivity contribution in [3.8, 4) is 0 Å². The van der Waals surface area contributed by atoms with Crippen LogP contribution in [0.25, 0.3) is 0 Å². The molecule has 2 aromatic rings. The molecule has 1 atom stereocenters. The van der Waals surface area contributed by atoms with E-state index >= 15 is 0 Å². The van der Waals surface area contributed by atoms with Crippen molar-refractivity contribution in [2.24, 2.45) is 5.92 Å². The highest BCUT2D eigenvalue weighted by molar-refractivity contribution is 7.98. The van der Waals surface area contributed by atoms with Crippen LogP contribution in [0.2, 0.25) is 5.02 Å². The summed E-state index contributed by atoms with van der Waals surface area (Å²) in [4.78, 5) is 14.8. The molecule has 1 fully saturated rings. The molecule has 150 valence electrons. The average molecular weight is 421 g/mol. The third-order valence-electron chi connectivity index (χ3n) is 4.90. The molecule has 1 heterocycles. The van der Waals surface area contributed by atoms with Crippen LogP contribution in [0.15, 0.2) is 48.5 Å². The van der Waals surface area contributed by atoms with Crippen molar-refractivity contribution in [2.75, 3.05) is 25.4 Å². The van der Waals surface area contributed by atoms with E-state index in [1.54, 1.807) is 11.8 Å². The molecule has 3 nitrogen and oxygen atoms in total. The number of thioether (sulfide) groups is 1. The molecule has 1 saturated heterocycles. The number of carbonyl (C=O) groups is 1. The monoisotopic (exact) mass is 420 g/mol. The summed E-state index contributed by atoms with van der Waals surface area (Å²) in [6, 6.07) is 14.5. The third-order valence-corrected chi connectivity index (χ3v) is 6.16. The molecule has 28 heavy (non-hydrogen) atoms. The Bertz CT molecular complexity index is 771. The molecule has 0 saturated carbocycles. The summed E-state index contributed by atoms with van der Waals surface area (Å²) in [6.07, 6.45) is 1.95. The van der Waals surface area contributed by atoms with Gasteiger partial charge in [0.2, 0.25) is 5.91 Å². The highest BCUT2D eigenvalue weighted by Gasteiger charge is 2.25. The molecule has 0 spiro atoms. The summed E-state index contributed by atoms with van der Waals surface area (Å²) in [5.74, 6) is 1.74. The van der Waals surface area contributed by atoms with Crippen LogP contribution in [0.4, 0.5) is 4.39 Å². The van der Waals surface area contributed by atoms with E-state index in [9.17, 15) is 9.18 Å². The van der Waals surface area contributed by atoms with E-state index in [0.29, 0.717) is 6.54 Å².